The van der Waals surface area contributed by atoms with Gasteiger partial charge in [-0.1, -0.05) is 19.3 Å². The highest BCUT2D eigenvalue weighted by molar-refractivity contribution is 7.89. The van der Waals surface area contributed by atoms with Gasteiger partial charge in [0, 0.05) is 29.8 Å². The molecule has 0 atom stereocenters. The first-order valence-corrected chi connectivity index (χ1v) is 12.1. The first kappa shape index (κ1) is 18.1. The van der Waals surface area contributed by atoms with E-state index in [-0.39, 0.29) is 11.2 Å². The van der Waals surface area contributed by atoms with Crippen LogP contribution >= 0.6 is 22.7 Å². The standard InChI is InChI=1S/C17H21N3O3S3/c21-16(12-7-9-24-11-12)19-17-18-14-6-8-20(10-15(14)25-17)26(22,23)13-4-2-1-3-5-13/h7,9,11,13H,1-6,8,10H2,(H,18,19,21). The van der Waals surface area contributed by atoms with Crippen molar-refractivity contribution in [1.29, 1.82) is 0 Å². The van der Waals surface area contributed by atoms with Crippen LogP contribution in [0.25, 0.3) is 0 Å². The summed E-state index contributed by atoms with van der Waals surface area (Å²) < 4.78 is 27.5. The summed E-state index contributed by atoms with van der Waals surface area (Å²) in [7, 11) is -3.25. The van der Waals surface area contributed by atoms with Crippen molar-refractivity contribution in [3.63, 3.8) is 0 Å². The summed E-state index contributed by atoms with van der Waals surface area (Å²) in [6.45, 7) is 0.855. The lowest BCUT2D eigenvalue weighted by Crippen LogP contribution is -2.42. The second kappa shape index (κ2) is 7.38. The van der Waals surface area contributed by atoms with Crippen LogP contribution in [0.3, 0.4) is 0 Å². The molecule has 140 valence electrons. The van der Waals surface area contributed by atoms with Crippen LogP contribution in [0.1, 0.15) is 53.0 Å². The van der Waals surface area contributed by atoms with E-state index < -0.39 is 10.0 Å². The highest BCUT2D eigenvalue weighted by Crippen LogP contribution is 2.33. The van der Waals surface area contributed by atoms with Gasteiger partial charge < -0.3 is 0 Å². The van der Waals surface area contributed by atoms with Gasteiger partial charge in [0.25, 0.3) is 5.91 Å². The van der Waals surface area contributed by atoms with E-state index in [2.05, 4.69) is 10.3 Å². The van der Waals surface area contributed by atoms with Crippen LogP contribution in [-0.4, -0.2) is 35.4 Å². The number of sulfonamides is 1. The van der Waals surface area contributed by atoms with Gasteiger partial charge in [-0.25, -0.2) is 13.4 Å². The van der Waals surface area contributed by atoms with Gasteiger partial charge in [0.15, 0.2) is 5.13 Å². The molecule has 1 aliphatic carbocycles. The molecule has 2 aromatic rings. The molecular formula is C17H21N3O3S3. The molecule has 1 fully saturated rings. The molecule has 1 aliphatic heterocycles. The maximum atomic E-state index is 12.9. The smallest absolute Gasteiger partial charge is 0.258 e. The Bertz CT molecular complexity index is 884. The Morgan fingerprint density at radius 3 is 2.81 bits per heavy atom. The maximum absolute atomic E-state index is 12.9. The zero-order valence-electron chi connectivity index (χ0n) is 14.3. The fraction of sp³-hybridized carbons (Fsp3) is 0.529. The Hall–Kier alpha value is -1.29. The van der Waals surface area contributed by atoms with Crippen molar-refractivity contribution in [3.8, 4) is 0 Å². The zero-order chi connectivity index (χ0) is 18.1. The third-order valence-electron chi connectivity index (χ3n) is 5.03. The molecule has 0 unspecified atom stereocenters. The number of carbonyl (C=O) groups excluding carboxylic acids is 1. The Balaban J connectivity index is 1.47. The van der Waals surface area contributed by atoms with Gasteiger partial charge >= 0.3 is 0 Å². The minimum atomic E-state index is -3.25. The molecular weight excluding hydrogens is 390 g/mol. The van der Waals surface area contributed by atoms with Crippen molar-refractivity contribution in [2.75, 3.05) is 11.9 Å². The SMILES string of the molecule is O=C(Nc1nc2c(s1)CN(S(=O)(=O)C1CCCCC1)CC2)c1ccsc1. The average Bonchev–Trinajstić information content (AvgIpc) is 3.31. The number of nitrogens with zero attached hydrogens (tertiary/aromatic N) is 2. The van der Waals surface area contributed by atoms with E-state index in [0.717, 1.165) is 42.7 Å². The number of fused-ring (bicyclic) bond motifs is 1. The van der Waals surface area contributed by atoms with E-state index in [4.69, 9.17) is 0 Å². The number of hydrogen-bond acceptors (Lipinski definition) is 6. The fourth-order valence-electron chi connectivity index (χ4n) is 3.58. The minimum Gasteiger partial charge on any atom is -0.298 e. The van der Waals surface area contributed by atoms with Crippen molar-refractivity contribution in [2.24, 2.45) is 0 Å². The second-order valence-corrected chi connectivity index (χ2v) is 10.8. The Kier molecular flexibility index (Phi) is 5.13. The predicted molar refractivity (Wildman–Crippen MR) is 104 cm³/mol. The number of thiophene rings is 1. The van der Waals surface area contributed by atoms with Gasteiger partial charge in [-0.15, -0.1) is 11.3 Å². The van der Waals surface area contributed by atoms with Crippen molar-refractivity contribution in [3.05, 3.63) is 33.0 Å². The highest BCUT2D eigenvalue weighted by Gasteiger charge is 2.35. The summed E-state index contributed by atoms with van der Waals surface area (Å²) in [5.74, 6) is -0.177. The number of hydrogen-bond donors (Lipinski definition) is 1. The van der Waals surface area contributed by atoms with Gasteiger partial charge in [-0.3, -0.25) is 10.1 Å². The lowest BCUT2D eigenvalue weighted by molar-refractivity contribution is 0.102. The lowest BCUT2D eigenvalue weighted by Gasteiger charge is -2.31. The summed E-state index contributed by atoms with van der Waals surface area (Å²) in [4.78, 5) is 17.6. The quantitative estimate of drug-likeness (QED) is 0.835. The highest BCUT2D eigenvalue weighted by atomic mass is 32.2. The van der Waals surface area contributed by atoms with Gasteiger partial charge in [-0.05, 0) is 24.3 Å². The zero-order valence-corrected chi connectivity index (χ0v) is 16.8. The Morgan fingerprint density at radius 1 is 1.27 bits per heavy atom. The topological polar surface area (TPSA) is 79.4 Å². The largest absolute Gasteiger partial charge is 0.298 e. The summed E-state index contributed by atoms with van der Waals surface area (Å²) in [6.07, 6.45) is 5.29. The number of anilines is 1. The molecule has 0 radical (unpaired) electrons. The molecule has 6 nitrogen and oxygen atoms in total. The fourth-order valence-corrected chi connectivity index (χ4v) is 7.32. The molecule has 0 spiro atoms. The molecule has 0 aromatic carbocycles. The lowest BCUT2D eigenvalue weighted by atomic mass is 10.0. The number of amides is 1. The molecule has 26 heavy (non-hydrogen) atoms. The number of aromatic nitrogens is 1. The van der Waals surface area contributed by atoms with E-state index in [0.29, 0.717) is 30.2 Å². The van der Waals surface area contributed by atoms with Crippen LogP contribution in [0, 0.1) is 0 Å². The maximum Gasteiger partial charge on any atom is 0.258 e. The van der Waals surface area contributed by atoms with Crippen molar-refractivity contribution in [2.45, 2.75) is 50.3 Å². The van der Waals surface area contributed by atoms with Crippen LogP contribution in [0.5, 0.6) is 0 Å². The third kappa shape index (κ3) is 3.58. The molecule has 3 heterocycles. The molecule has 0 saturated heterocycles. The molecule has 0 bridgehead atoms. The normalized spacial score (nSPS) is 19.2. The monoisotopic (exact) mass is 411 g/mol. The van der Waals surface area contributed by atoms with Crippen molar-refractivity contribution in [1.82, 2.24) is 9.29 Å². The molecule has 9 heteroatoms. The molecule has 4 rings (SSSR count). The summed E-state index contributed by atoms with van der Waals surface area (Å²) in [5.41, 5.74) is 1.52. The van der Waals surface area contributed by atoms with E-state index in [1.807, 2.05) is 5.38 Å². The van der Waals surface area contributed by atoms with Gasteiger partial charge in [0.05, 0.1) is 16.5 Å². The number of nitrogens with one attached hydrogen (secondary N) is 1. The van der Waals surface area contributed by atoms with E-state index in [1.54, 1.807) is 15.8 Å². The molecule has 1 amide bonds. The van der Waals surface area contributed by atoms with E-state index in [1.165, 1.54) is 22.7 Å². The van der Waals surface area contributed by atoms with Crippen molar-refractivity contribution < 1.29 is 13.2 Å². The minimum absolute atomic E-state index is 0.177. The van der Waals surface area contributed by atoms with Gasteiger partial charge in [0.1, 0.15) is 0 Å². The molecule has 2 aliphatic rings. The van der Waals surface area contributed by atoms with Crippen LogP contribution in [0.2, 0.25) is 0 Å². The average molecular weight is 412 g/mol. The van der Waals surface area contributed by atoms with E-state index >= 15 is 0 Å². The van der Waals surface area contributed by atoms with E-state index in [9.17, 15) is 13.2 Å². The molecule has 2 aromatic heterocycles. The molecule has 1 N–H and O–H groups in total. The van der Waals surface area contributed by atoms with Crippen LogP contribution < -0.4 is 5.32 Å². The number of thiazole rings is 1. The van der Waals surface area contributed by atoms with Crippen LogP contribution in [0.4, 0.5) is 5.13 Å². The number of carbonyl (C=O) groups is 1. The predicted octanol–water partition coefficient (Wildman–Crippen LogP) is 3.48. The third-order valence-corrected chi connectivity index (χ3v) is 9.06. The van der Waals surface area contributed by atoms with Crippen molar-refractivity contribution >= 4 is 43.7 Å². The second-order valence-electron chi connectivity index (χ2n) is 6.74. The van der Waals surface area contributed by atoms with Gasteiger partial charge in [-0.2, -0.15) is 15.6 Å². The summed E-state index contributed by atoms with van der Waals surface area (Å²) in [5, 5.41) is 6.79. The van der Waals surface area contributed by atoms with Gasteiger partial charge in [0.2, 0.25) is 10.0 Å². The summed E-state index contributed by atoms with van der Waals surface area (Å²) in [6, 6.07) is 1.77. The Morgan fingerprint density at radius 2 is 2.08 bits per heavy atom. The number of rotatable bonds is 4. The first-order valence-electron chi connectivity index (χ1n) is 8.85. The van der Waals surface area contributed by atoms with Crippen LogP contribution in [-0.2, 0) is 23.0 Å². The summed E-state index contributed by atoms with van der Waals surface area (Å²) >= 11 is 2.85. The Labute approximate surface area is 161 Å². The first-order chi connectivity index (χ1) is 12.5. The molecule has 1 saturated carbocycles. The van der Waals surface area contributed by atoms with Crippen LogP contribution in [0.15, 0.2) is 16.8 Å².